The number of ether oxygens (including phenoxy) is 1. The smallest absolute Gasteiger partial charge is 0.276 e. The van der Waals surface area contributed by atoms with Crippen LogP contribution in [0.5, 0.6) is 5.75 Å². The second kappa shape index (κ2) is 8.49. The number of hydrogen-bond donors (Lipinski definition) is 2. The van der Waals surface area contributed by atoms with Gasteiger partial charge >= 0.3 is 0 Å². The fourth-order valence-electron chi connectivity index (χ4n) is 2.17. The molecular weight excluding hydrogens is 372 g/mol. The van der Waals surface area contributed by atoms with Crippen LogP contribution in [0.15, 0.2) is 46.9 Å². The third kappa shape index (κ3) is 6.04. The van der Waals surface area contributed by atoms with Crippen LogP contribution in [0.2, 0.25) is 0 Å². The second-order valence-corrected chi connectivity index (χ2v) is 6.43. The molecule has 0 aliphatic heterocycles. The number of hydrogen-bond acceptors (Lipinski definition) is 3. The summed E-state index contributed by atoms with van der Waals surface area (Å²) in [6, 6.07) is 13.1. The molecule has 2 amide bonds. The summed E-state index contributed by atoms with van der Waals surface area (Å²) in [6.45, 7) is 3.76. The normalized spacial score (nSPS) is 10.1. The number of hydrazine groups is 1. The first-order chi connectivity index (χ1) is 11.4. The standard InChI is InChI=1S/C18H19BrN2O3/c1-12-7-13(2)9-16(8-12)24-11-18(23)21-20-17(22)10-14-3-5-15(19)6-4-14/h3-9H,10-11H2,1-2H3,(H,20,22)(H,21,23). The Morgan fingerprint density at radius 3 is 2.17 bits per heavy atom. The van der Waals surface area contributed by atoms with Gasteiger partial charge in [0, 0.05) is 4.47 Å². The van der Waals surface area contributed by atoms with Crippen molar-refractivity contribution < 1.29 is 14.3 Å². The molecule has 24 heavy (non-hydrogen) atoms. The summed E-state index contributed by atoms with van der Waals surface area (Å²) in [5.41, 5.74) is 7.70. The molecule has 0 aliphatic carbocycles. The minimum atomic E-state index is -0.418. The molecule has 2 N–H and O–H groups in total. The zero-order valence-electron chi connectivity index (χ0n) is 13.6. The Labute approximate surface area is 149 Å². The summed E-state index contributed by atoms with van der Waals surface area (Å²) in [6.07, 6.45) is 0.186. The summed E-state index contributed by atoms with van der Waals surface area (Å²) < 4.78 is 6.37. The molecule has 0 heterocycles. The van der Waals surface area contributed by atoms with Gasteiger partial charge in [-0.3, -0.25) is 20.4 Å². The topological polar surface area (TPSA) is 67.4 Å². The highest BCUT2D eigenvalue weighted by Gasteiger charge is 2.07. The number of rotatable bonds is 5. The van der Waals surface area contributed by atoms with Gasteiger partial charge in [0.1, 0.15) is 5.75 Å². The Morgan fingerprint density at radius 1 is 0.958 bits per heavy atom. The fraction of sp³-hybridized carbons (Fsp3) is 0.222. The van der Waals surface area contributed by atoms with Gasteiger partial charge < -0.3 is 4.74 Å². The van der Waals surface area contributed by atoms with Gasteiger partial charge in [-0.1, -0.05) is 34.1 Å². The maximum atomic E-state index is 11.8. The van der Waals surface area contributed by atoms with E-state index < -0.39 is 5.91 Å². The summed E-state index contributed by atoms with van der Waals surface area (Å²) in [5.74, 6) is -0.0840. The van der Waals surface area contributed by atoms with E-state index in [-0.39, 0.29) is 18.9 Å². The van der Waals surface area contributed by atoms with Crippen LogP contribution in [-0.2, 0) is 16.0 Å². The van der Waals surface area contributed by atoms with Crippen molar-refractivity contribution in [2.45, 2.75) is 20.3 Å². The predicted octanol–water partition coefficient (Wildman–Crippen LogP) is 2.83. The van der Waals surface area contributed by atoms with Crippen molar-refractivity contribution in [3.8, 4) is 5.75 Å². The first kappa shape index (κ1) is 18.0. The molecule has 0 radical (unpaired) electrons. The molecule has 5 nitrogen and oxygen atoms in total. The molecule has 0 aliphatic rings. The van der Waals surface area contributed by atoms with Crippen molar-refractivity contribution in [1.82, 2.24) is 10.9 Å². The molecule has 2 aromatic carbocycles. The maximum Gasteiger partial charge on any atom is 0.276 e. The van der Waals surface area contributed by atoms with E-state index in [2.05, 4.69) is 26.8 Å². The van der Waals surface area contributed by atoms with Crippen LogP contribution < -0.4 is 15.6 Å². The van der Waals surface area contributed by atoms with Crippen molar-refractivity contribution in [3.05, 3.63) is 63.6 Å². The first-order valence-corrected chi connectivity index (χ1v) is 8.25. The number of nitrogens with one attached hydrogen (secondary N) is 2. The third-order valence-electron chi connectivity index (χ3n) is 3.18. The van der Waals surface area contributed by atoms with Crippen molar-refractivity contribution in [2.75, 3.05) is 6.61 Å². The van der Waals surface area contributed by atoms with Crippen LogP contribution in [0.1, 0.15) is 16.7 Å². The quantitative estimate of drug-likeness (QED) is 0.771. The lowest BCUT2D eigenvalue weighted by atomic mass is 10.1. The summed E-state index contributed by atoms with van der Waals surface area (Å²) >= 11 is 3.34. The largest absolute Gasteiger partial charge is 0.484 e. The molecule has 0 atom stereocenters. The Bertz CT molecular complexity index is 709. The summed E-state index contributed by atoms with van der Waals surface area (Å²) in [7, 11) is 0. The van der Waals surface area contributed by atoms with Crippen LogP contribution >= 0.6 is 15.9 Å². The van der Waals surface area contributed by atoms with Crippen LogP contribution in [0, 0.1) is 13.8 Å². The van der Waals surface area contributed by atoms with Gasteiger partial charge in [0.2, 0.25) is 5.91 Å². The van der Waals surface area contributed by atoms with Crippen molar-refractivity contribution in [3.63, 3.8) is 0 Å². The molecule has 126 valence electrons. The molecule has 0 aromatic heterocycles. The highest BCUT2D eigenvalue weighted by Crippen LogP contribution is 2.15. The number of benzene rings is 2. The molecular formula is C18H19BrN2O3. The van der Waals surface area contributed by atoms with E-state index >= 15 is 0 Å². The highest BCUT2D eigenvalue weighted by molar-refractivity contribution is 9.10. The molecule has 0 unspecified atom stereocenters. The fourth-order valence-corrected chi connectivity index (χ4v) is 2.44. The second-order valence-electron chi connectivity index (χ2n) is 5.51. The van der Waals surface area contributed by atoms with Crippen LogP contribution in [-0.4, -0.2) is 18.4 Å². The predicted molar refractivity (Wildman–Crippen MR) is 95.5 cm³/mol. The van der Waals surface area contributed by atoms with E-state index in [1.54, 1.807) is 0 Å². The molecule has 0 saturated carbocycles. The van der Waals surface area contributed by atoms with E-state index in [4.69, 9.17) is 4.74 Å². The van der Waals surface area contributed by atoms with Gasteiger partial charge in [0.15, 0.2) is 6.61 Å². The van der Waals surface area contributed by atoms with Crippen molar-refractivity contribution >= 4 is 27.7 Å². The first-order valence-electron chi connectivity index (χ1n) is 7.45. The molecule has 6 heteroatoms. The van der Waals surface area contributed by atoms with Crippen molar-refractivity contribution in [1.29, 1.82) is 0 Å². The zero-order chi connectivity index (χ0) is 17.5. The van der Waals surface area contributed by atoms with E-state index in [9.17, 15) is 9.59 Å². The molecule has 2 rings (SSSR count). The molecule has 0 spiro atoms. The van der Waals surface area contributed by atoms with E-state index in [0.29, 0.717) is 5.75 Å². The Hall–Kier alpha value is -2.34. The monoisotopic (exact) mass is 390 g/mol. The third-order valence-corrected chi connectivity index (χ3v) is 3.71. The van der Waals surface area contributed by atoms with Gasteiger partial charge in [-0.25, -0.2) is 0 Å². The van der Waals surface area contributed by atoms with E-state index in [1.165, 1.54) is 0 Å². The molecule has 0 bridgehead atoms. The SMILES string of the molecule is Cc1cc(C)cc(OCC(=O)NNC(=O)Cc2ccc(Br)cc2)c1. The maximum absolute atomic E-state index is 11.8. The van der Waals surface area contributed by atoms with Gasteiger partial charge in [0.05, 0.1) is 6.42 Å². The highest BCUT2D eigenvalue weighted by atomic mass is 79.9. The van der Waals surface area contributed by atoms with Crippen LogP contribution in [0.4, 0.5) is 0 Å². The van der Waals surface area contributed by atoms with Gasteiger partial charge in [-0.15, -0.1) is 0 Å². The van der Waals surface area contributed by atoms with Crippen LogP contribution in [0.3, 0.4) is 0 Å². The van der Waals surface area contributed by atoms with Gasteiger partial charge in [-0.05, 0) is 54.8 Å². The van der Waals surface area contributed by atoms with E-state index in [0.717, 1.165) is 21.2 Å². The molecule has 2 aromatic rings. The Kier molecular flexibility index (Phi) is 6.37. The van der Waals surface area contributed by atoms with E-state index in [1.807, 2.05) is 56.3 Å². The minimum Gasteiger partial charge on any atom is -0.484 e. The van der Waals surface area contributed by atoms with Crippen molar-refractivity contribution in [2.24, 2.45) is 0 Å². The molecule has 0 saturated heterocycles. The number of aryl methyl sites for hydroxylation is 2. The summed E-state index contributed by atoms with van der Waals surface area (Å²) in [4.78, 5) is 23.5. The molecule has 0 fully saturated rings. The van der Waals surface area contributed by atoms with Gasteiger partial charge in [-0.2, -0.15) is 0 Å². The number of carbonyl (C=O) groups excluding carboxylic acids is 2. The van der Waals surface area contributed by atoms with Gasteiger partial charge in [0.25, 0.3) is 5.91 Å². The average molecular weight is 391 g/mol. The number of carbonyl (C=O) groups is 2. The summed E-state index contributed by atoms with van der Waals surface area (Å²) in [5, 5.41) is 0. The zero-order valence-corrected chi connectivity index (χ0v) is 15.1. The average Bonchev–Trinajstić information content (AvgIpc) is 2.52. The lowest BCUT2D eigenvalue weighted by Crippen LogP contribution is -2.44. The Morgan fingerprint density at radius 2 is 1.54 bits per heavy atom. The van der Waals surface area contributed by atoms with Crippen LogP contribution in [0.25, 0.3) is 0 Å². The lowest BCUT2D eigenvalue weighted by Gasteiger charge is -2.10. The number of amides is 2. The minimum absolute atomic E-state index is 0.165. The Balaban J connectivity index is 1.74. The number of halogens is 1. The lowest BCUT2D eigenvalue weighted by molar-refractivity contribution is -0.129.